The quantitative estimate of drug-likeness (QED) is 0.577. The summed E-state index contributed by atoms with van der Waals surface area (Å²) in [6.07, 6.45) is 2.04. The third kappa shape index (κ3) is 4.97. The number of carbonyl (C=O) groups is 1. The van der Waals surface area contributed by atoms with E-state index in [0.717, 1.165) is 28.7 Å². The second-order valence-corrected chi connectivity index (χ2v) is 8.38. The van der Waals surface area contributed by atoms with E-state index in [4.69, 9.17) is 4.74 Å². The number of carbonyl (C=O) groups excluding carboxylic acids is 1. The molecule has 0 aliphatic heterocycles. The summed E-state index contributed by atoms with van der Waals surface area (Å²) in [4.78, 5) is 12.6. The first kappa shape index (κ1) is 20.7. The van der Waals surface area contributed by atoms with Gasteiger partial charge in [-0.15, -0.1) is 0 Å². The first-order valence-electron chi connectivity index (χ1n) is 9.21. The van der Waals surface area contributed by atoms with Crippen molar-refractivity contribution in [1.82, 2.24) is 9.78 Å². The van der Waals surface area contributed by atoms with E-state index in [1.54, 1.807) is 0 Å². The Bertz CT molecular complexity index is 779. The highest BCUT2D eigenvalue weighted by Gasteiger charge is 2.17. The zero-order valence-corrected chi connectivity index (χ0v) is 18.2. The van der Waals surface area contributed by atoms with E-state index in [9.17, 15) is 4.79 Å². The van der Waals surface area contributed by atoms with Crippen LogP contribution in [0.25, 0.3) is 0 Å². The molecule has 1 aromatic carbocycles. The summed E-state index contributed by atoms with van der Waals surface area (Å²) in [6, 6.07) is 5.97. The number of aryl methyl sites for hydroxylation is 1. The standard InChI is InChI=1S/C21H29BrN2O2/c1-13(2)7-9-18-15(5)23-24(16(18)6)21(25)12-26-20-10-8-17(14(3)4)11-19(20)22/h8,10-11,13-14H,7,9,12H2,1-6H3. The molecule has 0 saturated carbocycles. The smallest absolute Gasteiger partial charge is 0.284 e. The van der Waals surface area contributed by atoms with Crippen molar-refractivity contribution in [2.24, 2.45) is 5.92 Å². The van der Waals surface area contributed by atoms with Crippen LogP contribution in [-0.2, 0) is 6.42 Å². The zero-order chi connectivity index (χ0) is 19.4. The molecule has 0 spiro atoms. The molecule has 0 N–H and O–H groups in total. The van der Waals surface area contributed by atoms with Crippen LogP contribution in [0.1, 0.15) is 67.3 Å². The Morgan fingerprint density at radius 1 is 1.23 bits per heavy atom. The summed E-state index contributed by atoms with van der Waals surface area (Å²) in [5.41, 5.74) is 4.25. The molecule has 1 heterocycles. The van der Waals surface area contributed by atoms with E-state index in [-0.39, 0.29) is 12.5 Å². The number of halogens is 1. The van der Waals surface area contributed by atoms with Crippen LogP contribution in [0, 0.1) is 19.8 Å². The number of rotatable bonds is 7. The lowest BCUT2D eigenvalue weighted by atomic mass is 10.0. The summed E-state index contributed by atoms with van der Waals surface area (Å²) < 4.78 is 8.08. The van der Waals surface area contributed by atoms with Crippen molar-refractivity contribution in [3.63, 3.8) is 0 Å². The van der Waals surface area contributed by atoms with Gasteiger partial charge in [0.25, 0.3) is 5.91 Å². The molecule has 4 nitrogen and oxygen atoms in total. The first-order chi connectivity index (χ1) is 12.2. The molecule has 5 heteroatoms. The van der Waals surface area contributed by atoms with Crippen LogP contribution in [0.2, 0.25) is 0 Å². The molecule has 0 aliphatic rings. The van der Waals surface area contributed by atoms with Gasteiger partial charge in [0.2, 0.25) is 0 Å². The van der Waals surface area contributed by atoms with E-state index >= 15 is 0 Å². The number of ether oxygens (including phenoxy) is 1. The fourth-order valence-corrected chi connectivity index (χ4v) is 3.42. The van der Waals surface area contributed by atoms with Gasteiger partial charge in [0.1, 0.15) is 5.75 Å². The van der Waals surface area contributed by atoms with Crippen LogP contribution in [-0.4, -0.2) is 22.3 Å². The van der Waals surface area contributed by atoms with Crippen LogP contribution < -0.4 is 4.74 Å². The molecule has 0 amide bonds. The Labute approximate surface area is 165 Å². The fourth-order valence-electron chi connectivity index (χ4n) is 2.91. The minimum atomic E-state index is -0.152. The minimum absolute atomic E-state index is 0.0365. The molecular formula is C21H29BrN2O2. The summed E-state index contributed by atoms with van der Waals surface area (Å²) >= 11 is 3.53. The number of hydrogen-bond acceptors (Lipinski definition) is 3. The Kier molecular flexibility index (Phi) is 7.04. The average molecular weight is 421 g/mol. The van der Waals surface area contributed by atoms with Crippen molar-refractivity contribution in [2.75, 3.05) is 6.61 Å². The Hall–Kier alpha value is -1.62. The molecule has 0 fully saturated rings. The van der Waals surface area contributed by atoms with Gasteiger partial charge in [0.05, 0.1) is 10.2 Å². The number of hydrogen-bond donors (Lipinski definition) is 0. The number of nitrogens with zero attached hydrogens (tertiary/aromatic N) is 2. The van der Waals surface area contributed by atoms with Gasteiger partial charge in [0, 0.05) is 5.69 Å². The fraction of sp³-hybridized carbons (Fsp3) is 0.524. The molecule has 26 heavy (non-hydrogen) atoms. The van der Waals surface area contributed by atoms with Crippen LogP contribution in [0.4, 0.5) is 0 Å². The van der Waals surface area contributed by atoms with E-state index < -0.39 is 0 Å². The second-order valence-electron chi connectivity index (χ2n) is 7.52. The summed E-state index contributed by atoms with van der Waals surface area (Å²) in [7, 11) is 0. The first-order valence-corrected chi connectivity index (χ1v) is 10.0. The van der Waals surface area contributed by atoms with Gasteiger partial charge < -0.3 is 4.74 Å². The van der Waals surface area contributed by atoms with Gasteiger partial charge in [-0.05, 0) is 77.7 Å². The van der Waals surface area contributed by atoms with Crippen molar-refractivity contribution < 1.29 is 9.53 Å². The maximum atomic E-state index is 12.6. The highest BCUT2D eigenvalue weighted by Crippen LogP contribution is 2.29. The third-order valence-electron chi connectivity index (χ3n) is 4.62. The molecule has 0 aliphatic carbocycles. The van der Waals surface area contributed by atoms with Crippen molar-refractivity contribution in [2.45, 2.75) is 60.3 Å². The van der Waals surface area contributed by atoms with Crippen molar-refractivity contribution >= 4 is 21.8 Å². The molecule has 0 bridgehead atoms. The molecule has 2 rings (SSSR count). The molecule has 0 atom stereocenters. The molecule has 2 aromatic rings. The largest absolute Gasteiger partial charge is 0.483 e. The predicted molar refractivity (Wildman–Crippen MR) is 109 cm³/mol. The Morgan fingerprint density at radius 2 is 1.92 bits per heavy atom. The topological polar surface area (TPSA) is 44.1 Å². The van der Waals surface area contributed by atoms with Crippen molar-refractivity contribution in [1.29, 1.82) is 0 Å². The predicted octanol–water partition coefficient (Wildman–Crippen LogP) is 5.69. The van der Waals surface area contributed by atoms with Crippen molar-refractivity contribution in [3.8, 4) is 5.75 Å². The van der Waals surface area contributed by atoms with Gasteiger partial charge in [-0.2, -0.15) is 5.10 Å². The molecule has 0 unspecified atom stereocenters. The third-order valence-corrected chi connectivity index (χ3v) is 5.24. The van der Waals surface area contributed by atoms with Gasteiger partial charge in [0.15, 0.2) is 6.61 Å². The van der Waals surface area contributed by atoms with Crippen LogP contribution in [0.3, 0.4) is 0 Å². The molecule has 0 radical (unpaired) electrons. The van der Waals surface area contributed by atoms with Gasteiger partial charge >= 0.3 is 0 Å². The molecular weight excluding hydrogens is 392 g/mol. The highest BCUT2D eigenvalue weighted by atomic mass is 79.9. The van der Waals surface area contributed by atoms with Crippen molar-refractivity contribution in [3.05, 3.63) is 45.2 Å². The lowest BCUT2D eigenvalue weighted by molar-refractivity contribution is 0.0817. The lowest BCUT2D eigenvalue weighted by Crippen LogP contribution is -2.22. The Balaban J connectivity index is 2.08. The molecule has 0 saturated heterocycles. The van der Waals surface area contributed by atoms with Gasteiger partial charge in [-0.25, -0.2) is 4.68 Å². The van der Waals surface area contributed by atoms with E-state index in [1.165, 1.54) is 15.8 Å². The minimum Gasteiger partial charge on any atom is -0.483 e. The number of benzene rings is 1. The second kappa shape index (κ2) is 8.85. The maximum Gasteiger partial charge on any atom is 0.284 e. The average Bonchev–Trinajstić information content (AvgIpc) is 2.85. The maximum absolute atomic E-state index is 12.6. The highest BCUT2D eigenvalue weighted by molar-refractivity contribution is 9.10. The van der Waals surface area contributed by atoms with Gasteiger partial charge in [-0.1, -0.05) is 33.8 Å². The monoisotopic (exact) mass is 420 g/mol. The van der Waals surface area contributed by atoms with Crippen LogP contribution in [0.15, 0.2) is 22.7 Å². The summed E-state index contributed by atoms with van der Waals surface area (Å²) in [5, 5.41) is 4.44. The van der Waals surface area contributed by atoms with Crippen LogP contribution >= 0.6 is 15.9 Å². The lowest BCUT2D eigenvalue weighted by Gasteiger charge is -2.11. The van der Waals surface area contributed by atoms with E-state index in [2.05, 4.69) is 48.7 Å². The van der Waals surface area contributed by atoms with Crippen LogP contribution in [0.5, 0.6) is 5.75 Å². The SMILES string of the molecule is Cc1nn(C(=O)COc2ccc(C(C)C)cc2Br)c(C)c1CCC(C)C. The van der Waals surface area contributed by atoms with Gasteiger partial charge in [-0.3, -0.25) is 4.79 Å². The molecule has 142 valence electrons. The zero-order valence-electron chi connectivity index (χ0n) is 16.6. The Morgan fingerprint density at radius 3 is 2.50 bits per heavy atom. The van der Waals surface area contributed by atoms with E-state index in [1.807, 2.05) is 32.0 Å². The normalized spacial score (nSPS) is 11.4. The number of aromatic nitrogens is 2. The molecule has 1 aromatic heterocycles. The van der Waals surface area contributed by atoms with E-state index in [0.29, 0.717) is 17.6 Å². The summed E-state index contributed by atoms with van der Waals surface area (Å²) in [6.45, 7) is 12.6. The summed E-state index contributed by atoms with van der Waals surface area (Å²) in [5.74, 6) is 1.59.